The predicted molar refractivity (Wildman–Crippen MR) is 202 cm³/mol. The van der Waals surface area contributed by atoms with Gasteiger partial charge in [-0.25, -0.2) is 4.98 Å². The van der Waals surface area contributed by atoms with E-state index < -0.39 is 0 Å². The van der Waals surface area contributed by atoms with Crippen LogP contribution in [-0.2, 0) is 26.5 Å². The van der Waals surface area contributed by atoms with Crippen LogP contribution < -0.4 is 14.5 Å². The van der Waals surface area contributed by atoms with Crippen LogP contribution in [0.1, 0.15) is 37.5 Å². The number of ether oxygens (including phenoxy) is 1. The van der Waals surface area contributed by atoms with Crippen LogP contribution in [-0.4, -0.2) is 47.5 Å². The topological polar surface area (TPSA) is 51.4 Å². The van der Waals surface area contributed by atoms with E-state index in [2.05, 4.69) is 144 Å². The molecule has 0 saturated heterocycles. The van der Waals surface area contributed by atoms with Crippen LogP contribution in [0.15, 0.2) is 91.4 Å². The smallest absolute Gasteiger partial charge is 0.509 e. The summed E-state index contributed by atoms with van der Waals surface area (Å²) in [5, 5.41) is 7.02. The monoisotopic (exact) mass is 841 g/mol. The van der Waals surface area contributed by atoms with Crippen molar-refractivity contribution in [3.05, 3.63) is 120 Å². The van der Waals surface area contributed by atoms with Gasteiger partial charge in [0.15, 0.2) is 0 Å². The summed E-state index contributed by atoms with van der Waals surface area (Å²) < 4.78 is 10.5. The van der Waals surface area contributed by atoms with Crippen molar-refractivity contribution in [2.45, 2.75) is 40.0 Å². The van der Waals surface area contributed by atoms with Crippen molar-refractivity contribution in [3.63, 3.8) is 0 Å². The third-order valence-corrected chi connectivity index (χ3v) is 9.04. The molecule has 7 rings (SSSR count). The average molecular weight is 842 g/mol. The molecular weight excluding hydrogens is 800 g/mol. The summed E-state index contributed by atoms with van der Waals surface area (Å²) in [5.41, 5.74) is 11.0. The molecule has 4 aromatic carbocycles. The second-order valence-corrected chi connectivity index (χ2v) is 14.1. The molecular formula is C42H42N6OPt. The van der Waals surface area contributed by atoms with E-state index in [0.717, 1.165) is 44.4 Å². The Morgan fingerprint density at radius 2 is 1.46 bits per heavy atom. The first-order chi connectivity index (χ1) is 23.4. The van der Waals surface area contributed by atoms with E-state index >= 15 is 0 Å². The number of fused-ring (bicyclic) bond motifs is 3. The number of hydrogen-bond donors (Lipinski definition) is 0. The van der Waals surface area contributed by atoms with Crippen LogP contribution >= 0.6 is 0 Å². The molecule has 50 heavy (non-hydrogen) atoms. The third-order valence-electron chi connectivity index (χ3n) is 9.04. The number of rotatable bonds is 7. The number of aromatic nitrogens is 4. The van der Waals surface area contributed by atoms with Crippen LogP contribution in [0.3, 0.4) is 0 Å². The average Bonchev–Trinajstić information content (AvgIpc) is 3.67. The largest absolute Gasteiger partial charge is 2.00 e. The van der Waals surface area contributed by atoms with Gasteiger partial charge in [-0.15, -0.1) is 35.7 Å². The molecule has 0 aliphatic heterocycles. The Morgan fingerprint density at radius 1 is 0.760 bits per heavy atom. The molecule has 0 N–H and O–H groups in total. The van der Waals surface area contributed by atoms with Gasteiger partial charge in [-0.1, -0.05) is 50.6 Å². The minimum atomic E-state index is -0.00705. The standard InChI is InChI=1S/C42H42N6O.Pt/c1-27-21-28(2)41(46(8)9)39(40(27)45(6)7)29-25-44-47(26-29)31-13-12-14-32(23-31)49-33-17-18-35-34-15-10-11-16-36(34)48(37(35)24-33)38-22-30(19-20-43-38)42(3,4)5;/h10-22,25-26H,1-9H3;/q-2;+2. The molecule has 0 fully saturated rings. The Balaban J connectivity index is 0.00000432. The van der Waals surface area contributed by atoms with Crippen molar-refractivity contribution in [1.29, 1.82) is 0 Å². The maximum atomic E-state index is 6.44. The van der Waals surface area contributed by atoms with Gasteiger partial charge in [-0.05, 0) is 65.2 Å². The Morgan fingerprint density at radius 3 is 2.16 bits per heavy atom. The van der Waals surface area contributed by atoms with Crippen LogP contribution in [0.25, 0.3) is 44.4 Å². The minimum absolute atomic E-state index is 0. The molecule has 3 heterocycles. The molecule has 0 aliphatic carbocycles. The zero-order valence-corrected chi connectivity index (χ0v) is 32.3. The van der Waals surface area contributed by atoms with Crippen LogP contribution in [0.5, 0.6) is 11.5 Å². The predicted octanol–water partition coefficient (Wildman–Crippen LogP) is 9.47. The third kappa shape index (κ3) is 6.31. The van der Waals surface area contributed by atoms with Crippen molar-refractivity contribution < 1.29 is 25.8 Å². The number of nitrogens with zero attached hydrogens (tertiary/aromatic N) is 6. The Kier molecular flexibility index (Phi) is 9.41. The molecule has 0 aliphatic rings. The molecule has 0 unspecified atom stereocenters. The second-order valence-electron chi connectivity index (χ2n) is 14.1. The van der Waals surface area contributed by atoms with Gasteiger partial charge in [-0.3, -0.25) is 4.68 Å². The summed E-state index contributed by atoms with van der Waals surface area (Å²) in [4.78, 5) is 9.16. The first kappa shape index (κ1) is 35.0. The van der Waals surface area contributed by atoms with Crippen LogP contribution in [0.2, 0.25) is 0 Å². The molecule has 7 nitrogen and oxygen atoms in total. The number of benzene rings is 4. The normalized spacial score (nSPS) is 11.5. The molecule has 0 bridgehead atoms. The number of pyridine rings is 1. The van der Waals surface area contributed by atoms with Crippen LogP contribution in [0.4, 0.5) is 11.4 Å². The number of anilines is 2. The summed E-state index contributed by atoms with van der Waals surface area (Å²) in [6.45, 7) is 11.0. The summed E-state index contributed by atoms with van der Waals surface area (Å²) in [5.74, 6) is 2.03. The Bertz CT molecular complexity index is 2310. The molecule has 0 amide bonds. The SMILES string of the molecule is Cc1cc(C)c(N(C)C)c(-c2cnn(-c3[c-]c(Oc4[c-]c5c(cc4)c4ccccc4n5-c4cc(C(C)(C)C)ccn4)ccc3)c2)c1N(C)C.[Pt+2]. The van der Waals surface area contributed by atoms with Crippen molar-refractivity contribution in [2.24, 2.45) is 0 Å². The molecule has 7 aromatic rings. The van der Waals surface area contributed by atoms with Gasteiger partial charge in [-0.2, -0.15) is 17.2 Å². The molecule has 0 spiro atoms. The van der Waals surface area contributed by atoms with Crippen molar-refractivity contribution in [1.82, 2.24) is 19.3 Å². The quantitative estimate of drug-likeness (QED) is 0.150. The van der Waals surface area contributed by atoms with E-state index in [1.165, 1.54) is 28.1 Å². The second kappa shape index (κ2) is 13.4. The molecule has 8 heteroatoms. The van der Waals surface area contributed by atoms with Gasteiger partial charge in [0.1, 0.15) is 5.82 Å². The van der Waals surface area contributed by atoms with Crippen molar-refractivity contribution in [2.75, 3.05) is 38.0 Å². The summed E-state index contributed by atoms with van der Waals surface area (Å²) >= 11 is 0. The maximum Gasteiger partial charge on any atom is 2.00 e. The molecule has 0 saturated carbocycles. The van der Waals surface area contributed by atoms with E-state index in [4.69, 9.17) is 14.8 Å². The van der Waals surface area contributed by atoms with Gasteiger partial charge in [0.05, 0.1) is 6.20 Å². The molecule has 3 aromatic heterocycles. The number of hydrogen-bond acceptors (Lipinski definition) is 5. The fourth-order valence-electron chi connectivity index (χ4n) is 6.90. The van der Waals surface area contributed by atoms with E-state index in [0.29, 0.717) is 11.5 Å². The molecule has 0 atom stereocenters. The van der Waals surface area contributed by atoms with Crippen molar-refractivity contribution in [3.8, 4) is 34.1 Å². The molecule has 256 valence electrons. The van der Waals surface area contributed by atoms with Gasteiger partial charge in [0, 0.05) is 80.1 Å². The maximum absolute atomic E-state index is 6.44. The zero-order chi connectivity index (χ0) is 34.6. The zero-order valence-electron chi connectivity index (χ0n) is 30.1. The minimum Gasteiger partial charge on any atom is -0.509 e. The van der Waals surface area contributed by atoms with Crippen LogP contribution in [0, 0.1) is 26.0 Å². The van der Waals surface area contributed by atoms with Gasteiger partial charge >= 0.3 is 21.1 Å². The Hall–Kier alpha value is -4.87. The first-order valence-corrected chi connectivity index (χ1v) is 16.6. The van der Waals surface area contributed by atoms with E-state index in [9.17, 15) is 0 Å². The first-order valence-electron chi connectivity index (χ1n) is 16.6. The van der Waals surface area contributed by atoms with E-state index in [-0.39, 0.29) is 26.5 Å². The van der Waals surface area contributed by atoms with Gasteiger partial charge in [0.25, 0.3) is 0 Å². The van der Waals surface area contributed by atoms with Gasteiger partial charge in [0.2, 0.25) is 0 Å². The van der Waals surface area contributed by atoms with Gasteiger partial charge < -0.3 is 19.1 Å². The number of para-hydroxylation sites is 1. The number of aryl methyl sites for hydroxylation is 2. The summed E-state index contributed by atoms with van der Waals surface area (Å²) in [7, 11) is 8.36. The van der Waals surface area contributed by atoms with Crippen molar-refractivity contribution >= 4 is 33.2 Å². The van der Waals surface area contributed by atoms with E-state index in [1.807, 2.05) is 41.3 Å². The Labute approximate surface area is 309 Å². The fraction of sp³-hybridized carbons (Fsp3) is 0.238. The van der Waals surface area contributed by atoms with E-state index in [1.54, 1.807) is 0 Å². The summed E-state index contributed by atoms with van der Waals surface area (Å²) in [6, 6.07) is 31.9. The molecule has 0 radical (unpaired) electrons. The summed E-state index contributed by atoms with van der Waals surface area (Å²) in [6.07, 6.45) is 5.89. The fourth-order valence-corrected chi connectivity index (χ4v) is 6.90.